The van der Waals surface area contributed by atoms with E-state index in [1.807, 2.05) is 0 Å². The van der Waals surface area contributed by atoms with E-state index in [0.717, 1.165) is 6.20 Å². The molecule has 0 fully saturated rings. The highest BCUT2D eigenvalue weighted by atomic mass is 16.5. The lowest BCUT2D eigenvalue weighted by atomic mass is 10.9. The molecule has 0 radical (unpaired) electrons. The third-order valence-corrected chi connectivity index (χ3v) is 0.273. The van der Waals surface area contributed by atoms with Gasteiger partial charge in [-0.25, -0.2) is 0 Å². The number of aliphatic hydroxyl groups is 2. The smallest absolute Gasteiger partial charge is 0.290 e. The van der Waals surface area contributed by atoms with Crippen LogP contribution in [0.3, 0.4) is 0 Å². The van der Waals surface area contributed by atoms with Crippen molar-refractivity contribution in [1.82, 2.24) is 5.32 Å². The van der Waals surface area contributed by atoms with Crippen molar-refractivity contribution in [2.75, 3.05) is 7.05 Å². The lowest BCUT2D eigenvalue weighted by molar-refractivity contribution is 0.188. The van der Waals surface area contributed by atoms with Crippen LogP contribution in [-0.4, -0.2) is 17.3 Å². The summed E-state index contributed by atoms with van der Waals surface area (Å²) in [4.78, 5) is 0. The van der Waals surface area contributed by atoms with Crippen LogP contribution in [0.4, 0.5) is 0 Å². The SMILES string of the molecule is CNC=C(O)O. The van der Waals surface area contributed by atoms with Gasteiger partial charge in [-0.05, 0) is 0 Å². The largest absolute Gasteiger partial charge is 0.480 e. The van der Waals surface area contributed by atoms with E-state index in [2.05, 4.69) is 5.32 Å². The molecule has 0 aliphatic rings. The molecule has 0 saturated heterocycles. The molecule has 0 atom stereocenters. The van der Waals surface area contributed by atoms with Gasteiger partial charge in [-0.3, -0.25) is 0 Å². The Labute approximate surface area is 35.9 Å². The van der Waals surface area contributed by atoms with Gasteiger partial charge in [-0.2, -0.15) is 0 Å². The van der Waals surface area contributed by atoms with Gasteiger partial charge in [0.05, 0.1) is 6.20 Å². The lowest BCUT2D eigenvalue weighted by Gasteiger charge is -1.83. The van der Waals surface area contributed by atoms with Gasteiger partial charge < -0.3 is 15.5 Å². The second-order valence-electron chi connectivity index (χ2n) is 0.791. The summed E-state index contributed by atoms with van der Waals surface area (Å²) >= 11 is 0. The molecule has 0 spiro atoms. The van der Waals surface area contributed by atoms with Crippen molar-refractivity contribution in [3.05, 3.63) is 12.1 Å². The normalized spacial score (nSPS) is 6.83. The molecule has 0 amide bonds. The Morgan fingerprint density at radius 2 is 2.17 bits per heavy atom. The summed E-state index contributed by atoms with van der Waals surface area (Å²) in [6.07, 6.45) is 1.07. The molecule has 0 unspecified atom stereocenters. The van der Waals surface area contributed by atoms with E-state index in [4.69, 9.17) is 10.2 Å². The highest BCUT2D eigenvalue weighted by molar-refractivity contribution is 4.72. The quantitative estimate of drug-likeness (QED) is 0.400. The van der Waals surface area contributed by atoms with Crippen molar-refractivity contribution in [2.24, 2.45) is 0 Å². The predicted octanol–water partition coefficient (Wildman–Crippen LogP) is 0.121. The molecule has 36 valence electrons. The molecule has 0 rings (SSSR count). The maximum absolute atomic E-state index is 7.91. The third-order valence-electron chi connectivity index (χ3n) is 0.273. The van der Waals surface area contributed by atoms with Crippen LogP contribution in [0.2, 0.25) is 0 Å². The fraction of sp³-hybridized carbons (Fsp3) is 0.333. The second kappa shape index (κ2) is 2.38. The van der Waals surface area contributed by atoms with Gasteiger partial charge in [0.2, 0.25) is 0 Å². The first-order chi connectivity index (χ1) is 2.77. The Balaban J connectivity index is 3.14. The van der Waals surface area contributed by atoms with Gasteiger partial charge in [-0.1, -0.05) is 0 Å². The zero-order chi connectivity index (χ0) is 4.99. The fourth-order valence-corrected chi connectivity index (χ4v) is 0.129. The van der Waals surface area contributed by atoms with Crippen LogP contribution in [0.1, 0.15) is 0 Å². The highest BCUT2D eigenvalue weighted by Crippen LogP contribution is 1.68. The van der Waals surface area contributed by atoms with E-state index < -0.39 is 5.95 Å². The average Bonchev–Trinajstić information content (AvgIpc) is 1.35. The minimum absolute atomic E-state index is 0.697. The van der Waals surface area contributed by atoms with Crippen molar-refractivity contribution >= 4 is 0 Å². The van der Waals surface area contributed by atoms with Gasteiger partial charge in [0.1, 0.15) is 0 Å². The fourth-order valence-electron chi connectivity index (χ4n) is 0.129. The van der Waals surface area contributed by atoms with Crippen LogP contribution in [0, 0.1) is 0 Å². The van der Waals surface area contributed by atoms with Crippen molar-refractivity contribution in [3.63, 3.8) is 0 Å². The van der Waals surface area contributed by atoms with Gasteiger partial charge in [0, 0.05) is 7.05 Å². The summed E-state index contributed by atoms with van der Waals surface area (Å²) in [6.45, 7) is 0. The minimum atomic E-state index is -0.697. The summed E-state index contributed by atoms with van der Waals surface area (Å²) in [5.41, 5.74) is 0. The molecule has 0 bridgehead atoms. The van der Waals surface area contributed by atoms with Crippen molar-refractivity contribution in [2.45, 2.75) is 0 Å². The molecule has 3 heteroatoms. The molecule has 0 aliphatic heterocycles. The second-order valence-corrected chi connectivity index (χ2v) is 0.791. The third kappa shape index (κ3) is 3.14. The van der Waals surface area contributed by atoms with E-state index in [-0.39, 0.29) is 0 Å². The number of hydrogen-bond donors (Lipinski definition) is 3. The van der Waals surface area contributed by atoms with E-state index >= 15 is 0 Å². The standard InChI is InChI=1S/C3H7NO2/c1-4-2-3(5)6/h2,4-6H,1H3. The zero-order valence-electron chi connectivity index (χ0n) is 3.47. The van der Waals surface area contributed by atoms with Gasteiger partial charge in [0.15, 0.2) is 0 Å². The van der Waals surface area contributed by atoms with Crippen LogP contribution in [-0.2, 0) is 0 Å². The number of hydrogen-bond acceptors (Lipinski definition) is 3. The van der Waals surface area contributed by atoms with Gasteiger partial charge in [0.25, 0.3) is 5.95 Å². The van der Waals surface area contributed by atoms with E-state index in [0.29, 0.717) is 0 Å². The van der Waals surface area contributed by atoms with Crippen LogP contribution in [0.5, 0.6) is 0 Å². The average molecular weight is 89.1 g/mol. The Bertz CT molecular complexity index is 55.8. The van der Waals surface area contributed by atoms with Crippen LogP contribution < -0.4 is 5.32 Å². The first-order valence-electron chi connectivity index (χ1n) is 1.52. The Kier molecular flexibility index (Phi) is 2.04. The van der Waals surface area contributed by atoms with E-state index in [9.17, 15) is 0 Å². The van der Waals surface area contributed by atoms with Crippen LogP contribution in [0.25, 0.3) is 0 Å². The molecule has 0 aromatic heterocycles. The topological polar surface area (TPSA) is 52.5 Å². The highest BCUT2D eigenvalue weighted by Gasteiger charge is 1.72. The number of nitrogens with one attached hydrogen (secondary N) is 1. The molecule has 0 heterocycles. The molecule has 0 saturated carbocycles. The Morgan fingerprint density at radius 1 is 1.67 bits per heavy atom. The minimum Gasteiger partial charge on any atom is -0.480 e. The van der Waals surface area contributed by atoms with E-state index in [1.165, 1.54) is 0 Å². The summed E-state index contributed by atoms with van der Waals surface area (Å²) < 4.78 is 0. The number of aliphatic hydroxyl groups excluding tert-OH is 1. The van der Waals surface area contributed by atoms with E-state index in [1.54, 1.807) is 7.05 Å². The molecular weight excluding hydrogens is 82.0 g/mol. The molecule has 3 nitrogen and oxygen atoms in total. The van der Waals surface area contributed by atoms with Crippen molar-refractivity contribution in [1.29, 1.82) is 0 Å². The first kappa shape index (κ1) is 5.14. The Morgan fingerprint density at radius 3 is 2.17 bits per heavy atom. The molecule has 0 aliphatic carbocycles. The van der Waals surface area contributed by atoms with Crippen LogP contribution >= 0.6 is 0 Å². The predicted molar refractivity (Wildman–Crippen MR) is 22.4 cm³/mol. The van der Waals surface area contributed by atoms with Crippen molar-refractivity contribution in [3.8, 4) is 0 Å². The summed E-state index contributed by atoms with van der Waals surface area (Å²) in [5, 5.41) is 18.2. The monoisotopic (exact) mass is 89.0 g/mol. The zero-order valence-corrected chi connectivity index (χ0v) is 3.47. The Hall–Kier alpha value is -0.860. The maximum atomic E-state index is 7.91. The lowest BCUT2D eigenvalue weighted by Crippen LogP contribution is -1.94. The molecule has 0 aromatic carbocycles. The van der Waals surface area contributed by atoms with Gasteiger partial charge >= 0.3 is 0 Å². The molecule has 6 heavy (non-hydrogen) atoms. The molecule has 0 aromatic rings. The summed E-state index contributed by atoms with van der Waals surface area (Å²) in [5.74, 6) is -0.697. The summed E-state index contributed by atoms with van der Waals surface area (Å²) in [6, 6.07) is 0. The summed E-state index contributed by atoms with van der Waals surface area (Å²) in [7, 11) is 1.58. The number of rotatable bonds is 1. The maximum Gasteiger partial charge on any atom is 0.290 e. The van der Waals surface area contributed by atoms with Crippen LogP contribution in [0.15, 0.2) is 12.1 Å². The van der Waals surface area contributed by atoms with Crippen molar-refractivity contribution < 1.29 is 10.2 Å². The first-order valence-corrected chi connectivity index (χ1v) is 1.52. The molecular formula is C3H7NO2. The molecule has 3 N–H and O–H groups in total. The van der Waals surface area contributed by atoms with Gasteiger partial charge in [-0.15, -0.1) is 0 Å².